The van der Waals surface area contributed by atoms with Crippen molar-refractivity contribution >= 4 is 17.7 Å². The number of nitrogens with one attached hydrogen (secondary N) is 3. The SMILES string of the molecule is O=C1C[C@H](O)[C@H](Cc2ccccc2)NC(=O)CCCCCCC/C=C/C=C/CCNC(=O)[C@H](Cc2cccnc2)N1. The Bertz CT molecular complexity index is 1120. The van der Waals surface area contributed by atoms with Gasteiger partial charge in [0.1, 0.15) is 6.04 Å². The van der Waals surface area contributed by atoms with Crippen molar-refractivity contribution in [3.05, 3.63) is 90.3 Å². The summed E-state index contributed by atoms with van der Waals surface area (Å²) in [6.45, 7) is 0.441. The van der Waals surface area contributed by atoms with Crippen LogP contribution in [-0.2, 0) is 27.2 Å². The molecule has 2 aromatic rings. The largest absolute Gasteiger partial charge is 0.390 e. The average molecular weight is 561 g/mol. The number of allylic oxidation sites excluding steroid dienone is 3. The third-order valence-corrected chi connectivity index (χ3v) is 7.09. The van der Waals surface area contributed by atoms with Crippen LogP contribution in [0.1, 0.15) is 68.9 Å². The molecule has 0 bridgehead atoms. The Labute approximate surface area is 243 Å². The topological polar surface area (TPSA) is 120 Å². The summed E-state index contributed by atoms with van der Waals surface area (Å²) >= 11 is 0. The fourth-order valence-electron chi connectivity index (χ4n) is 4.81. The molecule has 0 saturated carbocycles. The van der Waals surface area contributed by atoms with Gasteiger partial charge < -0.3 is 21.1 Å². The van der Waals surface area contributed by atoms with E-state index in [2.05, 4.69) is 27.0 Å². The first-order chi connectivity index (χ1) is 20.0. The van der Waals surface area contributed by atoms with Crippen molar-refractivity contribution in [2.45, 2.75) is 88.8 Å². The number of pyridine rings is 1. The van der Waals surface area contributed by atoms with Crippen molar-refractivity contribution in [3.8, 4) is 0 Å². The lowest BCUT2D eigenvalue weighted by molar-refractivity contribution is -0.130. The molecule has 3 atom stereocenters. The number of nitrogens with zero attached hydrogens (tertiary/aromatic N) is 1. The maximum Gasteiger partial charge on any atom is 0.242 e. The summed E-state index contributed by atoms with van der Waals surface area (Å²) in [5.41, 5.74) is 1.76. The van der Waals surface area contributed by atoms with Crippen LogP contribution in [0.15, 0.2) is 79.2 Å². The van der Waals surface area contributed by atoms with E-state index in [9.17, 15) is 19.5 Å². The summed E-state index contributed by atoms with van der Waals surface area (Å²) in [6.07, 6.45) is 17.9. The molecule has 3 rings (SSSR count). The van der Waals surface area contributed by atoms with Crippen molar-refractivity contribution in [2.75, 3.05) is 6.54 Å². The maximum atomic E-state index is 13.1. The Hall–Kier alpha value is -3.78. The van der Waals surface area contributed by atoms with Crippen LogP contribution in [0, 0.1) is 0 Å². The summed E-state index contributed by atoms with van der Waals surface area (Å²) in [4.78, 5) is 43.1. The van der Waals surface area contributed by atoms with E-state index in [-0.39, 0.29) is 24.7 Å². The minimum Gasteiger partial charge on any atom is -0.390 e. The summed E-state index contributed by atoms with van der Waals surface area (Å²) < 4.78 is 0. The first kappa shape index (κ1) is 31.7. The molecule has 8 nitrogen and oxygen atoms in total. The van der Waals surface area contributed by atoms with E-state index in [0.717, 1.165) is 49.7 Å². The number of hydrogen-bond donors (Lipinski definition) is 4. The van der Waals surface area contributed by atoms with Crippen LogP contribution in [0.2, 0.25) is 0 Å². The highest BCUT2D eigenvalue weighted by molar-refractivity contribution is 5.88. The van der Waals surface area contributed by atoms with Crippen molar-refractivity contribution in [1.82, 2.24) is 20.9 Å². The first-order valence-corrected chi connectivity index (χ1v) is 14.8. The summed E-state index contributed by atoms with van der Waals surface area (Å²) in [5, 5.41) is 19.8. The van der Waals surface area contributed by atoms with Crippen molar-refractivity contribution in [2.24, 2.45) is 0 Å². The zero-order valence-electron chi connectivity index (χ0n) is 23.8. The third kappa shape index (κ3) is 13.0. The molecule has 1 aromatic heterocycles. The van der Waals surface area contributed by atoms with Crippen molar-refractivity contribution < 1.29 is 19.5 Å². The van der Waals surface area contributed by atoms with Gasteiger partial charge in [-0.1, -0.05) is 80.0 Å². The van der Waals surface area contributed by atoms with Gasteiger partial charge in [0.15, 0.2) is 0 Å². The van der Waals surface area contributed by atoms with Crippen LogP contribution in [0.4, 0.5) is 0 Å². The molecule has 0 unspecified atom stereocenters. The zero-order chi connectivity index (χ0) is 29.1. The second kappa shape index (κ2) is 18.5. The molecule has 0 spiro atoms. The number of benzene rings is 1. The molecule has 4 N–H and O–H groups in total. The van der Waals surface area contributed by atoms with E-state index < -0.39 is 24.1 Å². The molecule has 41 heavy (non-hydrogen) atoms. The Balaban J connectivity index is 1.72. The predicted octanol–water partition coefficient (Wildman–Crippen LogP) is 3.95. The van der Waals surface area contributed by atoms with Crippen LogP contribution in [-0.4, -0.2) is 52.5 Å². The molecule has 8 heteroatoms. The van der Waals surface area contributed by atoms with Gasteiger partial charge in [0.05, 0.1) is 18.6 Å². The quantitative estimate of drug-likeness (QED) is 0.451. The second-order valence-corrected chi connectivity index (χ2v) is 10.6. The number of rotatable bonds is 4. The number of aliphatic hydroxyl groups excluding tert-OH is 1. The normalized spacial score (nSPS) is 24.3. The Morgan fingerprint density at radius 1 is 0.780 bits per heavy atom. The summed E-state index contributed by atoms with van der Waals surface area (Å²) in [7, 11) is 0. The van der Waals surface area contributed by atoms with E-state index in [1.807, 2.05) is 54.6 Å². The average Bonchev–Trinajstić information content (AvgIpc) is 2.97. The van der Waals surface area contributed by atoms with E-state index in [1.54, 1.807) is 18.5 Å². The van der Waals surface area contributed by atoms with Gasteiger partial charge in [-0.05, 0) is 49.3 Å². The highest BCUT2D eigenvalue weighted by Crippen LogP contribution is 2.12. The van der Waals surface area contributed by atoms with Gasteiger partial charge >= 0.3 is 0 Å². The molecule has 2 heterocycles. The number of aromatic nitrogens is 1. The molecule has 0 fully saturated rings. The van der Waals surface area contributed by atoms with E-state index in [0.29, 0.717) is 25.8 Å². The second-order valence-electron chi connectivity index (χ2n) is 10.6. The van der Waals surface area contributed by atoms with Crippen LogP contribution in [0.3, 0.4) is 0 Å². The maximum absolute atomic E-state index is 13.1. The number of carbonyl (C=O) groups is 3. The Morgan fingerprint density at radius 2 is 1.51 bits per heavy atom. The van der Waals surface area contributed by atoms with Crippen LogP contribution in [0.25, 0.3) is 0 Å². The number of carbonyl (C=O) groups excluding carboxylic acids is 3. The van der Waals surface area contributed by atoms with Gasteiger partial charge in [0.2, 0.25) is 17.7 Å². The lowest BCUT2D eigenvalue weighted by Gasteiger charge is -2.25. The molecule has 0 aliphatic carbocycles. The lowest BCUT2D eigenvalue weighted by atomic mass is 9.98. The number of amides is 3. The molecule has 1 aliphatic heterocycles. The summed E-state index contributed by atoms with van der Waals surface area (Å²) in [5.74, 6) is -0.891. The molecule has 220 valence electrons. The lowest BCUT2D eigenvalue weighted by Crippen LogP contribution is -2.51. The van der Waals surface area contributed by atoms with Crippen LogP contribution < -0.4 is 16.0 Å². The molecular formula is C33H44N4O4. The predicted molar refractivity (Wildman–Crippen MR) is 161 cm³/mol. The van der Waals surface area contributed by atoms with Crippen molar-refractivity contribution in [1.29, 1.82) is 0 Å². The van der Waals surface area contributed by atoms with Gasteiger partial charge in [0.25, 0.3) is 0 Å². The third-order valence-electron chi connectivity index (χ3n) is 7.09. The van der Waals surface area contributed by atoms with Crippen LogP contribution >= 0.6 is 0 Å². The van der Waals surface area contributed by atoms with E-state index >= 15 is 0 Å². The standard InChI is InChI=1S/C33H44N4O4/c38-30-24-32(40)37-29(23-27-18-15-20-34-25-27)33(41)35-21-14-9-7-5-3-1-2-4-6-8-13-19-31(39)36-28(30)22-26-16-11-10-12-17-26/h3,5,7,9-12,15-18,20,25,28-30,38H,1-2,4,6,8,13-14,19,21-24H2,(H,35,41)(H,36,39)(H,37,40)/b5-3+,9-7+/t28-,29-,30-/m0/s1. The monoisotopic (exact) mass is 560 g/mol. The summed E-state index contributed by atoms with van der Waals surface area (Å²) in [6, 6.07) is 11.8. The molecule has 0 saturated heterocycles. The van der Waals surface area contributed by atoms with E-state index in [1.165, 1.54) is 0 Å². The zero-order valence-corrected chi connectivity index (χ0v) is 23.8. The Kier molecular flexibility index (Phi) is 14.4. The van der Waals surface area contributed by atoms with Crippen molar-refractivity contribution in [3.63, 3.8) is 0 Å². The first-order valence-electron chi connectivity index (χ1n) is 14.8. The smallest absolute Gasteiger partial charge is 0.242 e. The highest BCUT2D eigenvalue weighted by Gasteiger charge is 2.27. The number of hydrogen-bond acceptors (Lipinski definition) is 5. The molecular weight excluding hydrogens is 516 g/mol. The minimum atomic E-state index is -1.12. The van der Waals surface area contributed by atoms with Gasteiger partial charge in [0, 0.05) is 31.8 Å². The van der Waals surface area contributed by atoms with Gasteiger partial charge in [-0.15, -0.1) is 0 Å². The Morgan fingerprint density at radius 3 is 2.29 bits per heavy atom. The van der Waals surface area contributed by atoms with Gasteiger partial charge in [-0.3, -0.25) is 19.4 Å². The van der Waals surface area contributed by atoms with E-state index in [4.69, 9.17) is 0 Å². The number of aliphatic hydroxyl groups is 1. The highest BCUT2D eigenvalue weighted by atomic mass is 16.3. The van der Waals surface area contributed by atoms with Gasteiger partial charge in [-0.25, -0.2) is 0 Å². The van der Waals surface area contributed by atoms with Crippen LogP contribution in [0.5, 0.6) is 0 Å². The fraction of sp³-hybridized carbons (Fsp3) is 0.455. The molecule has 3 amide bonds. The minimum absolute atomic E-state index is 0.132. The molecule has 1 aromatic carbocycles. The van der Waals surface area contributed by atoms with Gasteiger partial charge in [-0.2, -0.15) is 0 Å². The fourth-order valence-corrected chi connectivity index (χ4v) is 4.81. The molecule has 0 radical (unpaired) electrons. The molecule has 1 aliphatic rings.